The van der Waals surface area contributed by atoms with Gasteiger partial charge in [-0.15, -0.1) is 0 Å². The van der Waals surface area contributed by atoms with E-state index >= 15 is 0 Å². The van der Waals surface area contributed by atoms with Gasteiger partial charge in [-0.3, -0.25) is 9.36 Å². The maximum absolute atomic E-state index is 13.9. The predicted octanol–water partition coefficient (Wildman–Crippen LogP) is 3.78. The molecule has 10 heteroatoms. The molecule has 40 heavy (non-hydrogen) atoms. The number of ether oxygens (including phenoxy) is 5. The second kappa shape index (κ2) is 12.7. The maximum Gasteiger partial charge on any atom is 0.338 e. The molecule has 0 radical (unpaired) electrons. The maximum atomic E-state index is 13.9. The van der Waals surface area contributed by atoms with Crippen molar-refractivity contribution in [2.75, 3.05) is 34.0 Å². The average Bonchev–Trinajstić information content (AvgIpc) is 3.25. The molecule has 0 saturated heterocycles. The van der Waals surface area contributed by atoms with Crippen LogP contribution in [0.15, 0.2) is 70.1 Å². The number of carbonyl (C=O) groups is 1. The van der Waals surface area contributed by atoms with E-state index in [0.717, 1.165) is 5.56 Å². The molecule has 1 aliphatic heterocycles. The molecule has 1 aromatic heterocycles. The minimum absolute atomic E-state index is 0.188. The van der Waals surface area contributed by atoms with Crippen LogP contribution in [0.3, 0.4) is 0 Å². The number of aromatic nitrogens is 1. The van der Waals surface area contributed by atoms with Gasteiger partial charge in [0.05, 0.1) is 49.3 Å². The van der Waals surface area contributed by atoms with E-state index < -0.39 is 12.0 Å². The van der Waals surface area contributed by atoms with Gasteiger partial charge in [0.25, 0.3) is 5.56 Å². The van der Waals surface area contributed by atoms with Crippen LogP contribution in [0.1, 0.15) is 37.9 Å². The summed E-state index contributed by atoms with van der Waals surface area (Å²) in [6.45, 7) is 9.97. The number of fused-ring (bicyclic) bond motifs is 1. The van der Waals surface area contributed by atoms with Crippen LogP contribution >= 0.6 is 11.3 Å². The Hall–Kier alpha value is -4.31. The Morgan fingerprint density at radius 2 is 1.77 bits per heavy atom. The molecule has 9 nitrogen and oxygen atoms in total. The summed E-state index contributed by atoms with van der Waals surface area (Å²) in [5.74, 6) is 1.62. The van der Waals surface area contributed by atoms with Crippen molar-refractivity contribution in [1.29, 1.82) is 0 Å². The van der Waals surface area contributed by atoms with Gasteiger partial charge in [-0.1, -0.05) is 36.1 Å². The highest BCUT2D eigenvalue weighted by atomic mass is 32.1. The quantitative estimate of drug-likeness (QED) is 0.258. The second-order valence-corrected chi connectivity index (χ2v) is 9.66. The summed E-state index contributed by atoms with van der Waals surface area (Å²) in [6, 6.07) is 10.0. The first-order valence-electron chi connectivity index (χ1n) is 12.8. The summed E-state index contributed by atoms with van der Waals surface area (Å²) in [5.41, 5.74) is 1.89. The monoisotopic (exact) mass is 564 g/mol. The lowest BCUT2D eigenvalue weighted by Gasteiger charge is -2.25. The van der Waals surface area contributed by atoms with Gasteiger partial charge in [0.15, 0.2) is 27.8 Å². The zero-order valence-corrected chi connectivity index (χ0v) is 24.0. The molecule has 0 N–H and O–H groups in total. The van der Waals surface area contributed by atoms with E-state index in [0.29, 0.717) is 62.4 Å². The fourth-order valence-corrected chi connectivity index (χ4v) is 5.48. The standard InChI is InChI=1S/C30H32N2O7S/c1-7-14-39-22-12-10-19(15-23(22)36-6)16-25-28(33)32-27(20-11-13-21(35-5)24(17-20)37-8-2)26(29(34)38-9-3)18(4)31-30(32)40-25/h7,10-13,15-17,27H,1,8-9,14H2,2-6H3/b25-16+/t27-/m1/s1. The first kappa shape index (κ1) is 28.7. The second-order valence-electron chi connectivity index (χ2n) is 8.66. The zero-order chi connectivity index (χ0) is 28.8. The van der Waals surface area contributed by atoms with Crippen LogP contribution in [0.2, 0.25) is 0 Å². The van der Waals surface area contributed by atoms with Crippen LogP contribution in [-0.4, -0.2) is 44.6 Å². The summed E-state index contributed by atoms with van der Waals surface area (Å²) in [5, 5.41) is 0. The van der Waals surface area contributed by atoms with E-state index in [2.05, 4.69) is 11.6 Å². The number of thiazole rings is 1. The number of allylic oxidation sites excluding steroid dienone is 1. The highest BCUT2D eigenvalue weighted by molar-refractivity contribution is 7.07. The summed E-state index contributed by atoms with van der Waals surface area (Å²) < 4.78 is 29.7. The number of nitrogens with zero attached hydrogens (tertiary/aromatic N) is 2. The van der Waals surface area contributed by atoms with E-state index in [4.69, 9.17) is 23.7 Å². The molecule has 3 aromatic rings. The van der Waals surface area contributed by atoms with Crippen molar-refractivity contribution in [3.05, 3.63) is 91.1 Å². The Kier molecular flexibility index (Phi) is 9.11. The van der Waals surface area contributed by atoms with Crippen molar-refractivity contribution >= 4 is 23.4 Å². The van der Waals surface area contributed by atoms with Crippen LogP contribution < -0.4 is 33.8 Å². The summed E-state index contributed by atoms with van der Waals surface area (Å²) in [7, 11) is 3.11. The molecule has 2 aromatic carbocycles. The van der Waals surface area contributed by atoms with Crippen LogP contribution in [0.5, 0.6) is 23.0 Å². The molecule has 0 bridgehead atoms. The van der Waals surface area contributed by atoms with Crippen molar-refractivity contribution < 1.29 is 28.5 Å². The molecule has 2 heterocycles. The number of hydrogen-bond acceptors (Lipinski definition) is 9. The third-order valence-electron chi connectivity index (χ3n) is 6.16. The van der Waals surface area contributed by atoms with Crippen LogP contribution in [0.25, 0.3) is 6.08 Å². The van der Waals surface area contributed by atoms with Crippen molar-refractivity contribution in [2.24, 2.45) is 4.99 Å². The van der Waals surface area contributed by atoms with E-state index in [1.807, 2.05) is 19.1 Å². The largest absolute Gasteiger partial charge is 0.493 e. The molecule has 1 aliphatic rings. The van der Waals surface area contributed by atoms with E-state index in [-0.39, 0.29) is 12.2 Å². The smallest absolute Gasteiger partial charge is 0.338 e. The molecular formula is C30H32N2O7S. The fraction of sp³-hybridized carbons (Fsp3) is 0.300. The summed E-state index contributed by atoms with van der Waals surface area (Å²) in [4.78, 5) is 32.2. The van der Waals surface area contributed by atoms with Gasteiger partial charge in [0.2, 0.25) is 0 Å². The molecule has 1 atom stereocenters. The molecule has 0 saturated carbocycles. The Morgan fingerprint density at radius 1 is 1.02 bits per heavy atom. The molecule has 0 spiro atoms. The van der Waals surface area contributed by atoms with Crippen LogP contribution in [0.4, 0.5) is 0 Å². The van der Waals surface area contributed by atoms with Gasteiger partial charge >= 0.3 is 5.97 Å². The van der Waals surface area contributed by atoms with Crippen molar-refractivity contribution in [3.63, 3.8) is 0 Å². The third-order valence-corrected chi connectivity index (χ3v) is 7.15. The molecule has 0 amide bonds. The van der Waals surface area contributed by atoms with E-state index in [1.54, 1.807) is 64.5 Å². The number of hydrogen-bond donors (Lipinski definition) is 0. The molecule has 210 valence electrons. The van der Waals surface area contributed by atoms with Crippen molar-refractivity contribution in [1.82, 2.24) is 4.57 Å². The molecule has 0 fully saturated rings. The number of rotatable bonds is 11. The lowest BCUT2D eigenvalue weighted by Crippen LogP contribution is -2.40. The lowest BCUT2D eigenvalue weighted by atomic mass is 9.95. The lowest BCUT2D eigenvalue weighted by molar-refractivity contribution is -0.139. The van der Waals surface area contributed by atoms with Gasteiger partial charge < -0.3 is 23.7 Å². The van der Waals surface area contributed by atoms with Crippen LogP contribution in [-0.2, 0) is 9.53 Å². The normalized spacial score (nSPS) is 14.7. The Balaban J connectivity index is 1.90. The van der Waals surface area contributed by atoms with Gasteiger partial charge in [-0.05, 0) is 62.2 Å². The Morgan fingerprint density at radius 3 is 2.45 bits per heavy atom. The third kappa shape index (κ3) is 5.67. The predicted molar refractivity (Wildman–Crippen MR) is 153 cm³/mol. The topological polar surface area (TPSA) is 97.6 Å². The number of methoxy groups -OCH3 is 2. The molecule has 4 rings (SSSR count). The average molecular weight is 565 g/mol. The van der Waals surface area contributed by atoms with Gasteiger partial charge in [0.1, 0.15) is 6.61 Å². The molecular weight excluding hydrogens is 532 g/mol. The summed E-state index contributed by atoms with van der Waals surface area (Å²) in [6.07, 6.45) is 3.42. The van der Waals surface area contributed by atoms with E-state index in [1.165, 1.54) is 15.9 Å². The zero-order valence-electron chi connectivity index (χ0n) is 23.2. The summed E-state index contributed by atoms with van der Waals surface area (Å²) >= 11 is 1.24. The minimum atomic E-state index is -0.772. The van der Waals surface area contributed by atoms with Gasteiger partial charge in [0, 0.05) is 0 Å². The first-order valence-corrected chi connectivity index (χ1v) is 13.6. The highest BCUT2D eigenvalue weighted by Gasteiger charge is 2.34. The Labute approximate surface area is 236 Å². The Bertz CT molecular complexity index is 1630. The van der Waals surface area contributed by atoms with E-state index in [9.17, 15) is 9.59 Å². The number of esters is 1. The van der Waals surface area contributed by atoms with Gasteiger partial charge in [-0.2, -0.15) is 0 Å². The number of carbonyl (C=O) groups excluding carboxylic acids is 1. The number of benzene rings is 2. The van der Waals surface area contributed by atoms with Crippen molar-refractivity contribution in [2.45, 2.75) is 26.8 Å². The minimum Gasteiger partial charge on any atom is -0.493 e. The van der Waals surface area contributed by atoms with Gasteiger partial charge in [-0.25, -0.2) is 9.79 Å². The molecule has 0 unspecified atom stereocenters. The SMILES string of the molecule is C=CCOc1ccc(/C=c2/sc3n(c2=O)[C@H](c2ccc(OC)c(OCC)c2)C(C(=O)OCC)=C(C)N=3)cc1OC. The van der Waals surface area contributed by atoms with Crippen LogP contribution in [0, 0.1) is 0 Å². The van der Waals surface area contributed by atoms with Crippen molar-refractivity contribution in [3.8, 4) is 23.0 Å². The fourth-order valence-electron chi connectivity index (χ4n) is 4.43. The molecule has 0 aliphatic carbocycles. The first-order chi connectivity index (χ1) is 19.4. The highest BCUT2D eigenvalue weighted by Crippen LogP contribution is 2.36.